The highest BCUT2D eigenvalue weighted by molar-refractivity contribution is 5.19. The normalized spacial score (nSPS) is 26.1. The molecule has 1 nitrogen and oxygen atoms in total. The Morgan fingerprint density at radius 2 is 2.24 bits per heavy atom. The minimum Gasteiger partial charge on any atom is -0.307 e. The predicted octanol–water partition coefficient (Wildman–Crippen LogP) is 4.06. The summed E-state index contributed by atoms with van der Waals surface area (Å²) in [6, 6.07) is 7.76. The fourth-order valence-corrected chi connectivity index (χ4v) is 2.82. The summed E-state index contributed by atoms with van der Waals surface area (Å²) in [7, 11) is 0. The van der Waals surface area contributed by atoms with Gasteiger partial charge in [0, 0.05) is 12.1 Å². The summed E-state index contributed by atoms with van der Waals surface area (Å²) in [5, 5.41) is 3.62. The van der Waals surface area contributed by atoms with Gasteiger partial charge in [-0.1, -0.05) is 25.5 Å². The second kappa shape index (κ2) is 5.63. The van der Waals surface area contributed by atoms with Crippen LogP contribution in [0.5, 0.6) is 0 Å². The summed E-state index contributed by atoms with van der Waals surface area (Å²) in [5.74, 6) is 0.737. The first-order valence-electron chi connectivity index (χ1n) is 6.70. The summed E-state index contributed by atoms with van der Waals surface area (Å²) < 4.78 is 13.1. The molecule has 1 saturated carbocycles. The Kier molecular flexibility index (Phi) is 4.16. The van der Waals surface area contributed by atoms with Crippen LogP contribution in [0, 0.1) is 11.7 Å². The van der Waals surface area contributed by atoms with Gasteiger partial charge in [-0.3, -0.25) is 0 Å². The van der Waals surface area contributed by atoms with Gasteiger partial charge in [0.15, 0.2) is 0 Å². The van der Waals surface area contributed by atoms with E-state index in [-0.39, 0.29) is 11.9 Å². The predicted molar refractivity (Wildman–Crippen MR) is 69.4 cm³/mol. The lowest BCUT2D eigenvalue weighted by Gasteiger charge is -2.20. The minimum absolute atomic E-state index is 0.144. The van der Waals surface area contributed by atoms with Gasteiger partial charge >= 0.3 is 0 Å². The first-order chi connectivity index (χ1) is 8.19. The zero-order valence-corrected chi connectivity index (χ0v) is 10.7. The summed E-state index contributed by atoms with van der Waals surface area (Å²) in [6.45, 7) is 4.39. The van der Waals surface area contributed by atoms with Crippen molar-refractivity contribution >= 4 is 0 Å². The van der Waals surface area contributed by atoms with Gasteiger partial charge < -0.3 is 5.32 Å². The maximum atomic E-state index is 13.1. The summed E-state index contributed by atoms with van der Waals surface area (Å²) in [6.07, 6.45) is 5.16. The molecule has 1 fully saturated rings. The third-order valence-electron chi connectivity index (χ3n) is 3.95. The Morgan fingerprint density at radius 3 is 2.88 bits per heavy atom. The molecule has 1 N–H and O–H groups in total. The maximum absolute atomic E-state index is 13.1. The van der Waals surface area contributed by atoms with E-state index in [1.165, 1.54) is 31.7 Å². The molecule has 1 aromatic rings. The van der Waals surface area contributed by atoms with Crippen molar-refractivity contribution in [1.29, 1.82) is 0 Å². The molecule has 0 amide bonds. The summed E-state index contributed by atoms with van der Waals surface area (Å²) in [5.41, 5.74) is 1.05. The molecular weight excluding hydrogens is 213 g/mol. The van der Waals surface area contributed by atoms with Gasteiger partial charge in [-0.05, 0) is 49.8 Å². The van der Waals surface area contributed by atoms with E-state index in [0.717, 1.165) is 11.5 Å². The van der Waals surface area contributed by atoms with Gasteiger partial charge in [0.25, 0.3) is 0 Å². The second-order valence-corrected chi connectivity index (χ2v) is 5.23. The first kappa shape index (κ1) is 12.6. The van der Waals surface area contributed by atoms with Crippen LogP contribution in [0.15, 0.2) is 24.3 Å². The fraction of sp³-hybridized carbons (Fsp3) is 0.600. The molecule has 0 aliphatic heterocycles. The molecule has 17 heavy (non-hydrogen) atoms. The Balaban J connectivity index is 1.91. The molecule has 0 aromatic heterocycles. The third kappa shape index (κ3) is 3.29. The number of hydrogen-bond donors (Lipinski definition) is 1. The van der Waals surface area contributed by atoms with Crippen molar-refractivity contribution in [1.82, 2.24) is 5.32 Å². The van der Waals surface area contributed by atoms with E-state index in [0.29, 0.717) is 6.04 Å². The number of rotatable bonds is 4. The molecule has 3 atom stereocenters. The molecule has 2 rings (SSSR count). The largest absolute Gasteiger partial charge is 0.307 e. The smallest absolute Gasteiger partial charge is 0.123 e. The van der Waals surface area contributed by atoms with Crippen molar-refractivity contribution < 1.29 is 4.39 Å². The Labute approximate surface area is 103 Å². The molecule has 1 aliphatic rings. The van der Waals surface area contributed by atoms with Crippen LogP contribution < -0.4 is 5.32 Å². The topological polar surface area (TPSA) is 12.0 Å². The molecule has 1 aliphatic carbocycles. The SMILES string of the molecule is CCC1CCC(N[C@H](C)c2cccc(F)c2)C1. The maximum Gasteiger partial charge on any atom is 0.123 e. The number of benzene rings is 1. The van der Waals surface area contributed by atoms with E-state index in [1.54, 1.807) is 12.1 Å². The van der Waals surface area contributed by atoms with Crippen molar-refractivity contribution in [3.63, 3.8) is 0 Å². The molecule has 2 unspecified atom stereocenters. The lowest BCUT2D eigenvalue weighted by atomic mass is 10.0. The zero-order valence-electron chi connectivity index (χ0n) is 10.7. The molecule has 0 heterocycles. The van der Waals surface area contributed by atoms with Crippen molar-refractivity contribution in [2.75, 3.05) is 0 Å². The van der Waals surface area contributed by atoms with E-state index in [2.05, 4.69) is 19.2 Å². The van der Waals surface area contributed by atoms with Gasteiger partial charge in [0.2, 0.25) is 0 Å². The molecule has 0 spiro atoms. The Morgan fingerprint density at radius 1 is 1.41 bits per heavy atom. The van der Waals surface area contributed by atoms with Gasteiger partial charge in [0.05, 0.1) is 0 Å². The van der Waals surface area contributed by atoms with Crippen LogP contribution in [0.1, 0.15) is 51.1 Å². The van der Waals surface area contributed by atoms with E-state index in [4.69, 9.17) is 0 Å². The molecule has 0 saturated heterocycles. The Hall–Kier alpha value is -0.890. The first-order valence-corrected chi connectivity index (χ1v) is 6.70. The van der Waals surface area contributed by atoms with Crippen molar-refractivity contribution in [2.45, 2.75) is 51.6 Å². The van der Waals surface area contributed by atoms with Gasteiger partial charge in [-0.2, -0.15) is 0 Å². The van der Waals surface area contributed by atoms with Crippen molar-refractivity contribution in [2.24, 2.45) is 5.92 Å². The average Bonchev–Trinajstić information content (AvgIpc) is 2.77. The number of halogens is 1. The minimum atomic E-state index is -0.144. The van der Waals surface area contributed by atoms with E-state index in [9.17, 15) is 4.39 Å². The van der Waals surface area contributed by atoms with Crippen molar-refractivity contribution in [3.05, 3.63) is 35.6 Å². The summed E-state index contributed by atoms with van der Waals surface area (Å²) in [4.78, 5) is 0. The number of nitrogens with one attached hydrogen (secondary N) is 1. The highest BCUT2D eigenvalue weighted by Gasteiger charge is 2.24. The lowest BCUT2D eigenvalue weighted by Crippen LogP contribution is -2.29. The van der Waals surface area contributed by atoms with E-state index in [1.807, 2.05) is 6.07 Å². The van der Waals surface area contributed by atoms with Crippen LogP contribution in [0.3, 0.4) is 0 Å². The molecule has 0 radical (unpaired) electrons. The standard InChI is InChI=1S/C15H22FN/c1-3-12-7-8-15(9-12)17-11(2)13-5-4-6-14(16)10-13/h4-6,10-12,15,17H,3,7-9H2,1-2H3/t11-,12?,15?/m1/s1. The van der Waals surface area contributed by atoms with Gasteiger partial charge in [0.1, 0.15) is 5.82 Å². The van der Waals surface area contributed by atoms with Crippen LogP contribution in [0.4, 0.5) is 4.39 Å². The van der Waals surface area contributed by atoms with Gasteiger partial charge in [-0.25, -0.2) is 4.39 Å². The van der Waals surface area contributed by atoms with Crippen LogP contribution in [-0.2, 0) is 0 Å². The van der Waals surface area contributed by atoms with Crippen LogP contribution in [-0.4, -0.2) is 6.04 Å². The molecule has 2 heteroatoms. The zero-order chi connectivity index (χ0) is 12.3. The van der Waals surface area contributed by atoms with E-state index >= 15 is 0 Å². The fourth-order valence-electron chi connectivity index (χ4n) is 2.82. The average molecular weight is 235 g/mol. The molecule has 94 valence electrons. The quantitative estimate of drug-likeness (QED) is 0.830. The monoisotopic (exact) mass is 235 g/mol. The lowest BCUT2D eigenvalue weighted by molar-refractivity contribution is 0.436. The third-order valence-corrected chi connectivity index (χ3v) is 3.95. The summed E-state index contributed by atoms with van der Waals surface area (Å²) >= 11 is 0. The van der Waals surface area contributed by atoms with E-state index < -0.39 is 0 Å². The molecular formula is C15H22FN. The van der Waals surface area contributed by atoms with Crippen LogP contribution in [0.25, 0.3) is 0 Å². The van der Waals surface area contributed by atoms with Crippen molar-refractivity contribution in [3.8, 4) is 0 Å². The van der Waals surface area contributed by atoms with Crippen LogP contribution in [0.2, 0.25) is 0 Å². The highest BCUT2D eigenvalue weighted by Crippen LogP contribution is 2.29. The second-order valence-electron chi connectivity index (χ2n) is 5.23. The molecule has 0 bridgehead atoms. The highest BCUT2D eigenvalue weighted by atomic mass is 19.1. The van der Waals surface area contributed by atoms with Crippen LogP contribution >= 0.6 is 0 Å². The molecule has 1 aromatic carbocycles. The number of hydrogen-bond acceptors (Lipinski definition) is 1. The Bertz CT molecular complexity index is 364. The van der Waals surface area contributed by atoms with Gasteiger partial charge in [-0.15, -0.1) is 0 Å².